The summed E-state index contributed by atoms with van der Waals surface area (Å²) in [6, 6.07) is 14.1. The first-order valence-corrected chi connectivity index (χ1v) is 9.10. The number of urea groups is 1. The maximum Gasteiger partial charge on any atom is 0.335 e. The second-order valence-corrected chi connectivity index (χ2v) is 6.88. The van der Waals surface area contributed by atoms with E-state index in [4.69, 9.17) is 0 Å². The highest BCUT2D eigenvalue weighted by Crippen LogP contribution is 2.16. The number of anilines is 1. The van der Waals surface area contributed by atoms with E-state index in [2.05, 4.69) is 5.32 Å². The lowest BCUT2D eigenvalue weighted by Crippen LogP contribution is -2.38. The fourth-order valence-electron chi connectivity index (χ4n) is 2.89. The van der Waals surface area contributed by atoms with Gasteiger partial charge in [0.15, 0.2) is 0 Å². The predicted octanol–water partition coefficient (Wildman–Crippen LogP) is 1.32. The van der Waals surface area contributed by atoms with Crippen LogP contribution in [-0.4, -0.2) is 65.0 Å². The van der Waals surface area contributed by atoms with Gasteiger partial charge in [-0.05, 0) is 29.8 Å². The Kier molecular flexibility index (Phi) is 5.91. The highest BCUT2D eigenvalue weighted by atomic mass is 16.2. The Balaban J connectivity index is 1.63. The molecule has 1 fully saturated rings. The minimum Gasteiger partial charge on any atom is -0.345 e. The van der Waals surface area contributed by atoms with Crippen molar-refractivity contribution in [3.63, 3.8) is 0 Å². The van der Waals surface area contributed by atoms with Gasteiger partial charge in [0.25, 0.3) is 5.91 Å². The van der Waals surface area contributed by atoms with Crippen molar-refractivity contribution in [3.05, 3.63) is 65.7 Å². The van der Waals surface area contributed by atoms with Gasteiger partial charge in [-0.2, -0.15) is 0 Å². The molecule has 0 spiro atoms. The lowest BCUT2D eigenvalue weighted by Gasteiger charge is -2.15. The van der Waals surface area contributed by atoms with Crippen molar-refractivity contribution in [1.29, 1.82) is 0 Å². The molecule has 9 nitrogen and oxygen atoms in total. The van der Waals surface area contributed by atoms with Crippen molar-refractivity contribution in [1.82, 2.24) is 14.7 Å². The Bertz CT molecular complexity index is 1000. The van der Waals surface area contributed by atoms with E-state index >= 15 is 0 Å². The van der Waals surface area contributed by atoms with Gasteiger partial charge < -0.3 is 10.2 Å². The molecule has 0 unspecified atom stereocenters. The molecular weight excluding hydrogens is 388 g/mol. The average molecular weight is 408 g/mol. The van der Waals surface area contributed by atoms with Gasteiger partial charge in [-0.1, -0.05) is 30.3 Å². The van der Waals surface area contributed by atoms with Crippen LogP contribution in [-0.2, 0) is 20.9 Å². The summed E-state index contributed by atoms with van der Waals surface area (Å²) < 4.78 is 0. The quantitative estimate of drug-likeness (QED) is 0.573. The van der Waals surface area contributed by atoms with Crippen molar-refractivity contribution in [2.24, 2.45) is 0 Å². The SMILES string of the molecule is CN(C)C(=O)c1ccc(NC(=O)CN2C(=O)C(=O)N(Cc3ccccc3)C2=O)cc1. The lowest BCUT2D eigenvalue weighted by molar-refractivity contribution is -0.143. The molecule has 1 aliphatic heterocycles. The van der Waals surface area contributed by atoms with Crippen molar-refractivity contribution in [2.75, 3.05) is 26.0 Å². The van der Waals surface area contributed by atoms with Crippen LogP contribution in [0.4, 0.5) is 10.5 Å². The van der Waals surface area contributed by atoms with Crippen molar-refractivity contribution in [2.45, 2.75) is 6.54 Å². The third-order valence-corrected chi connectivity index (χ3v) is 4.44. The zero-order chi connectivity index (χ0) is 21.8. The first-order chi connectivity index (χ1) is 14.3. The largest absolute Gasteiger partial charge is 0.345 e. The second-order valence-electron chi connectivity index (χ2n) is 6.88. The number of amides is 6. The molecule has 2 aromatic carbocycles. The summed E-state index contributed by atoms with van der Waals surface area (Å²) in [5.41, 5.74) is 1.53. The number of nitrogens with zero attached hydrogens (tertiary/aromatic N) is 3. The van der Waals surface area contributed by atoms with Crippen LogP contribution in [0.15, 0.2) is 54.6 Å². The molecule has 0 saturated carbocycles. The number of carbonyl (C=O) groups excluding carboxylic acids is 5. The Morgan fingerprint density at radius 1 is 0.867 bits per heavy atom. The predicted molar refractivity (Wildman–Crippen MR) is 107 cm³/mol. The fourth-order valence-corrected chi connectivity index (χ4v) is 2.89. The number of nitrogens with one attached hydrogen (secondary N) is 1. The molecule has 1 N–H and O–H groups in total. The zero-order valence-corrected chi connectivity index (χ0v) is 16.5. The molecule has 1 heterocycles. The monoisotopic (exact) mass is 408 g/mol. The molecule has 6 amide bonds. The maximum atomic E-state index is 12.5. The van der Waals surface area contributed by atoms with Crippen LogP contribution in [0.2, 0.25) is 0 Å². The van der Waals surface area contributed by atoms with Gasteiger partial charge in [-0.15, -0.1) is 0 Å². The van der Waals surface area contributed by atoms with Crippen LogP contribution < -0.4 is 5.32 Å². The first kappa shape index (κ1) is 20.7. The summed E-state index contributed by atoms with van der Waals surface area (Å²) in [5.74, 6) is -2.84. The highest BCUT2D eigenvalue weighted by molar-refractivity contribution is 6.45. The topological polar surface area (TPSA) is 107 Å². The number of imide groups is 2. The molecule has 0 radical (unpaired) electrons. The van der Waals surface area contributed by atoms with Crippen molar-refractivity contribution >= 4 is 35.3 Å². The van der Waals surface area contributed by atoms with E-state index in [0.29, 0.717) is 21.7 Å². The van der Waals surface area contributed by atoms with Gasteiger partial charge >= 0.3 is 17.8 Å². The van der Waals surface area contributed by atoms with Crippen LogP contribution in [0.5, 0.6) is 0 Å². The zero-order valence-electron chi connectivity index (χ0n) is 16.5. The third-order valence-electron chi connectivity index (χ3n) is 4.44. The molecule has 1 aliphatic rings. The maximum absolute atomic E-state index is 12.5. The van der Waals surface area contributed by atoms with Crippen molar-refractivity contribution in [3.8, 4) is 0 Å². The third kappa shape index (κ3) is 4.35. The summed E-state index contributed by atoms with van der Waals surface area (Å²) in [7, 11) is 3.26. The van der Waals surface area contributed by atoms with E-state index in [1.807, 2.05) is 0 Å². The normalized spacial score (nSPS) is 13.6. The Hall–Kier alpha value is -4.01. The standard InChI is InChI=1S/C21H20N4O5/c1-23(2)18(27)15-8-10-16(11-9-15)22-17(26)13-25-20(29)19(28)24(21(25)30)12-14-6-4-3-5-7-14/h3-11H,12-13H2,1-2H3,(H,22,26). The number of carbonyl (C=O) groups is 5. The molecule has 0 bridgehead atoms. The first-order valence-electron chi connectivity index (χ1n) is 9.10. The van der Waals surface area contributed by atoms with Gasteiger partial charge in [-0.25, -0.2) is 9.69 Å². The molecule has 0 atom stereocenters. The Morgan fingerprint density at radius 2 is 1.47 bits per heavy atom. The summed E-state index contributed by atoms with van der Waals surface area (Å²) in [6.07, 6.45) is 0. The highest BCUT2D eigenvalue weighted by Gasteiger charge is 2.45. The second kappa shape index (κ2) is 8.56. The molecule has 9 heteroatoms. The molecular formula is C21H20N4O5. The summed E-state index contributed by atoms with van der Waals surface area (Å²) in [6.45, 7) is -0.642. The van der Waals surface area contributed by atoms with Crippen LogP contribution in [0.3, 0.4) is 0 Å². The van der Waals surface area contributed by atoms with E-state index in [1.54, 1.807) is 56.6 Å². The molecule has 3 rings (SSSR count). The van der Waals surface area contributed by atoms with Gasteiger partial charge in [0, 0.05) is 25.3 Å². The number of hydrogen-bond donors (Lipinski definition) is 1. The van der Waals surface area contributed by atoms with Crippen LogP contribution in [0, 0.1) is 0 Å². The van der Waals surface area contributed by atoms with Crippen LogP contribution >= 0.6 is 0 Å². The fraction of sp³-hybridized carbons (Fsp3) is 0.190. The number of hydrogen-bond acceptors (Lipinski definition) is 5. The molecule has 2 aromatic rings. The van der Waals surface area contributed by atoms with E-state index < -0.39 is 30.3 Å². The van der Waals surface area contributed by atoms with Crippen LogP contribution in [0.25, 0.3) is 0 Å². The molecule has 0 aromatic heterocycles. The summed E-state index contributed by atoms with van der Waals surface area (Å²) in [5, 5.41) is 2.54. The smallest absolute Gasteiger partial charge is 0.335 e. The lowest BCUT2D eigenvalue weighted by atomic mass is 10.2. The molecule has 1 saturated heterocycles. The molecule has 30 heavy (non-hydrogen) atoms. The van der Waals surface area contributed by atoms with Gasteiger partial charge in [0.1, 0.15) is 6.54 Å². The van der Waals surface area contributed by atoms with E-state index in [0.717, 1.165) is 4.90 Å². The van der Waals surface area contributed by atoms with E-state index in [1.165, 1.54) is 17.0 Å². The number of rotatable bonds is 6. The Labute approximate surface area is 172 Å². The van der Waals surface area contributed by atoms with E-state index in [-0.39, 0.29) is 12.5 Å². The minimum atomic E-state index is -1.04. The average Bonchev–Trinajstić information content (AvgIpc) is 2.92. The minimum absolute atomic E-state index is 0.0519. The Morgan fingerprint density at radius 3 is 2.07 bits per heavy atom. The molecule has 154 valence electrons. The number of benzene rings is 2. The van der Waals surface area contributed by atoms with Crippen molar-refractivity contribution < 1.29 is 24.0 Å². The summed E-state index contributed by atoms with van der Waals surface area (Å²) >= 11 is 0. The van der Waals surface area contributed by atoms with Gasteiger partial charge in [0.05, 0.1) is 6.54 Å². The van der Waals surface area contributed by atoms with E-state index in [9.17, 15) is 24.0 Å². The van der Waals surface area contributed by atoms with Gasteiger partial charge in [0.2, 0.25) is 5.91 Å². The van der Waals surface area contributed by atoms with Crippen LogP contribution in [0.1, 0.15) is 15.9 Å². The summed E-state index contributed by atoms with van der Waals surface area (Å²) in [4.78, 5) is 63.9. The molecule has 0 aliphatic carbocycles. The van der Waals surface area contributed by atoms with Gasteiger partial charge in [-0.3, -0.25) is 24.1 Å².